The van der Waals surface area contributed by atoms with Crippen LogP contribution in [0.4, 0.5) is 0 Å². The standard InChI is InChI=1S/C47H81NO8/c1-3-5-7-9-11-13-15-17-19-20-21-22-23-25-27-29-31-33-35-37-43(51)48-40(39-55-47-46(54)45(53)44(52)42(38-49)56-47)41(50)36-34-32-30-28-26-24-18-16-14-12-10-8-6-4-2/h5,7,11,13,17,19,21-22,25,27,34,36,40-42,44-47,49-50,52-54H,3-4,6,8-10,12,14-16,18,20,23-24,26,28-33,35,37-39H2,1-2H3,(H,48,51)/b7-5-,13-11-,19-17-,22-21-,27-25-,36-34+. The maximum atomic E-state index is 12.9. The third kappa shape index (κ3) is 27.3. The van der Waals surface area contributed by atoms with Gasteiger partial charge in [0.2, 0.25) is 5.91 Å². The van der Waals surface area contributed by atoms with E-state index in [1.807, 2.05) is 6.08 Å². The molecule has 322 valence electrons. The average molecular weight is 788 g/mol. The second-order valence-electron chi connectivity index (χ2n) is 15.1. The second-order valence-corrected chi connectivity index (χ2v) is 15.1. The first-order valence-corrected chi connectivity index (χ1v) is 22.2. The maximum absolute atomic E-state index is 12.9. The summed E-state index contributed by atoms with van der Waals surface area (Å²) >= 11 is 0. The van der Waals surface area contributed by atoms with Crippen molar-refractivity contribution < 1.29 is 39.8 Å². The lowest BCUT2D eigenvalue weighted by Gasteiger charge is -2.40. The van der Waals surface area contributed by atoms with E-state index in [1.54, 1.807) is 6.08 Å². The molecular weight excluding hydrogens is 707 g/mol. The van der Waals surface area contributed by atoms with E-state index in [-0.39, 0.29) is 12.5 Å². The molecule has 9 nitrogen and oxygen atoms in total. The SMILES string of the molecule is CC/C=C\C/C=C\C/C=C\C/C=C\C/C=C\CCCCCC(=O)NC(COC1OC(CO)C(O)C(O)C1O)C(O)/C=C/CCCCCCCCCCCCCC. The number of unbranched alkanes of at least 4 members (excludes halogenated alkanes) is 15. The summed E-state index contributed by atoms with van der Waals surface area (Å²) in [5.41, 5.74) is 0. The van der Waals surface area contributed by atoms with Crippen molar-refractivity contribution >= 4 is 5.91 Å². The highest BCUT2D eigenvalue weighted by Crippen LogP contribution is 2.22. The maximum Gasteiger partial charge on any atom is 0.220 e. The van der Waals surface area contributed by atoms with Gasteiger partial charge in [0.1, 0.15) is 24.4 Å². The third-order valence-corrected chi connectivity index (χ3v) is 10.0. The van der Waals surface area contributed by atoms with Gasteiger partial charge in [-0.25, -0.2) is 0 Å². The first kappa shape index (κ1) is 51.6. The molecule has 1 heterocycles. The number of nitrogens with one attached hydrogen (secondary N) is 1. The molecule has 1 amide bonds. The van der Waals surface area contributed by atoms with E-state index in [0.29, 0.717) is 12.8 Å². The van der Waals surface area contributed by atoms with Gasteiger partial charge in [0.25, 0.3) is 0 Å². The zero-order chi connectivity index (χ0) is 40.9. The Balaban J connectivity index is 2.42. The minimum atomic E-state index is -1.58. The summed E-state index contributed by atoms with van der Waals surface area (Å²) < 4.78 is 11.2. The Kier molecular flexibility index (Phi) is 34.1. The monoisotopic (exact) mass is 788 g/mol. The lowest BCUT2D eigenvalue weighted by Crippen LogP contribution is -2.60. The molecule has 0 spiro atoms. The molecule has 0 radical (unpaired) electrons. The minimum absolute atomic E-state index is 0.206. The Morgan fingerprint density at radius 1 is 0.625 bits per heavy atom. The Morgan fingerprint density at radius 2 is 1.11 bits per heavy atom. The van der Waals surface area contributed by atoms with Crippen molar-refractivity contribution in [3.05, 3.63) is 72.9 Å². The van der Waals surface area contributed by atoms with Crippen LogP contribution >= 0.6 is 0 Å². The second kappa shape index (κ2) is 36.9. The van der Waals surface area contributed by atoms with Crippen LogP contribution in [0.25, 0.3) is 0 Å². The first-order valence-electron chi connectivity index (χ1n) is 22.2. The highest BCUT2D eigenvalue weighted by Gasteiger charge is 2.44. The topological polar surface area (TPSA) is 149 Å². The van der Waals surface area contributed by atoms with Gasteiger partial charge in [-0.15, -0.1) is 0 Å². The highest BCUT2D eigenvalue weighted by molar-refractivity contribution is 5.76. The van der Waals surface area contributed by atoms with Gasteiger partial charge in [-0.2, -0.15) is 0 Å². The lowest BCUT2D eigenvalue weighted by atomic mass is 9.99. The molecule has 1 aliphatic heterocycles. The fourth-order valence-electron chi connectivity index (χ4n) is 6.47. The summed E-state index contributed by atoms with van der Waals surface area (Å²) in [5.74, 6) is -0.212. The van der Waals surface area contributed by atoms with Crippen molar-refractivity contribution in [2.24, 2.45) is 0 Å². The van der Waals surface area contributed by atoms with Crippen molar-refractivity contribution in [1.29, 1.82) is 0 Å². The van der Waals surface area contributed by atoms with Crippen molar-refractivity contribution in [3.63, 3.8) is 0 Å². The Morgan fingerprint density at radius 3 is 1.64 bits per heavy atom. The number of hydrogen-bond donors (Lipinski definition) is 6. The zero-order valence-corrected chi connectivity index (χ0v) is 35.1. The number of carbonyl (C=O) groups excluding carboxylic acids is 1. The third-order valence-electron chi connectivity index (χ3n) is 10.0. The van der Waals surface area contributed by atoms with Gasteiger partial charge in [-0.05, 0) is 64.2 Å². The van der Waals surface area contributed by atoms with Crippen molar-refractivity contribution in [2.45, 2.75) is 204 Å². The number of aliphatic hydroxyl groups is 5. The number of allylic oxidation sites excluding steroid dienone is 11. The van der Waals surface area contributed by atoms with Crippen LogP contribution in [-0.4, -0.2) is 87.5 Å². The normalized spacial score (nSPS) is 21.9. The Bertz CT molecular complexity index is 1100. The summed E-state index contributed by atoms with van der Waals surface area (Å²) in [4.78, 5) is 12.9. The van der Waals surface area contributed by atoms with E-state index >= 15 is 0 Å². The van der Waals surface area contributed by atoms with E-state index in [0.717, 1.165) is 70.6 Å². The largest absolute Gasteiger partial charge is 0.394 e. The van der Waals surface area contributed by atoms with Crippen molar-refractivity contribution in [1.82, 2.24) is 5.32 Å². The molecule has 0 bridgehead atoms. The highest BCUT2D eigenvalue weighted by atomic mass is 16.7. The van der Waals surface area contributed by atoms with E-state index < -0.39 is 49.5 Å². The number of aliphatic hydroxyl groups excluding tert-OH is 5. The van der Waals surface area contributed by atoms with E-state index in [9.17, 15) is 30.3 Å². The number of hydrogen-bond acceptors (Lipinski definition) is 8. The number of carbonyl (C=O) groups is 1. The molecule has 9 heteroatoms. The first-order chi connectivity index (χ1) is 27.3. The van der Waals surface area contributed by atoms with Gasteiger partial charge >= 0.3 is 0 Å². The smallest absolute Gasteiger partial charge is 0.220 e. The fraction of sp³-hybridized carbons (Fsp3) is 0.723. The summed E-state index contributed by atoms with van der Waals surface area (Å²) in [6.07, 6.45) is 42.2. The fourth-order valence-corrected chi connectivity index (χ4v) is 6.47. The summed E-state index contributed by atoms with van der Waals surface area (Å²) in [6, 6.07) is -0.825. The molecule has 1 fully saturated rings. The predicted molar refractivity (Wildman–Crippen MR) is 230 cm³/mol. The van der Waals surface area contributed by atoms with Gasteiger partial charge in [-0.1, -0.05) is 164 Å². The van der Waals surface area contributed by atoms with Crippen LogP contribution in [-0.2, 0) is 14.3 Å². The van der Waals surface area contributed by atoms with Crippen LogP contribution in [0.2, 0.25) is 0 Å². The van der Waals surface area contributed by atoms with Gasteiger partial charge < -0.3 is 40.3 Å². The van der Waals surface area contributed by atoms with Crippen LogP contribution < -0.4 is 5.32 Å². The summed E-state index contributed by atoms with van der Waals surface area (Å²) in [6.45, 7) is 3.61. The van der Waals surface area contributed by atoms with Crippen molar-refractivity contribution in [2.75, 3.05) is 13.2 Å². The molecule has 0 aliphatic carbocycles. The average Bonchev–Trinajstić information content (AvgIpc) is 3.20. The van der Waals surface area contributed by atoms with Gasteiger partial charge in [-0.3, -0.25) is 4.79 Å². The van der Waals surface area contributed by atoms with Gasteiger partial charge in [0.15, 0.2) is 6.29 Å². The van der Waals surface area contributed by atoms with E-state index in [4.69, 9.17) is 9.47 Å². The quantitative estimate of drug-likeness (QED) is 0.0276. The van der Waals surface area contributed by atoms with E-state index in [2.05, 4.69) is 79.9 Å². The molecule has 1 saturated heterocycles. The molecule has 0 saturated carbocycles. The minimum Gasteiger partial charge on any atom is -0.394 e. The summed E-state index contributed by atoms with van der Waals surface area (Å²) in [5, 5.41) is 54.1. The molecule has 56 heavy (non-hydrogen) atoms. The molecule has 0 aromatic rings. The molecular formula is C47H81NO8. The predicted octanol–water partition coefficient (Wildman–Crippen LogP) is 9.00. The van der Waals surface area contributed by atoms with E-state index in [1.165, 1.54) is 64.2 Å². The number of rotatable bonds is 35. The molecule has 7 unspecified atom stereocenters. The molecule has 0 aromatic carbocycles. The Hall–Kier alpha value is -2.37. The summed E-state index contributed by atoms with van der Waals surface area (Å²) in [7, 11) is 0. The van der Waals surface area contributed by atoms with Crippen LogP contribution in [0.5, 0.6) is 0 Å². The molecule has 0 aromatic heterocycles. The van der Waals surface area contributed by atoms with Gasteiger partial charge in [0, 0.05) is 6.42 Å². The van der Waals surface area contributed by atoms with Crippen LogP contribution in [0.1, 0.15) is 162 Å². The zero-order valence-electron chi connectivity index (χ0n) is 35.1. The molecule has 1 aliphatic rings. The molecule has 6 N–H and O–H groups in total. The van der Waals surface area contributed by atoms with Crippen molar-refractivity contribution in [3.8, 4) is 0 Å². The lowest BCUT2D eigenvalue weighted by molar-refractivity contribution is -0.302. The van der Waals surface area contributed by atoms with Crippen LogP contribution in [0, 0.1) is 0 Å². The number of ether oxygens (including phenoxy) is 2. The molecule has 7 atom stereocenters. The van der Waals surface area contributed by atoms with Gasteiger partial charge in [0.05, 0.1) is 25.4 Å². The molecule has 1 rings (SSSR count). The van der Waals surface area contributed by atoms with Crippen LogP contribution in [0.15, 0.2) is 72.9 Å². The number of amides is 1. The van der Waals surface area contributed by atoms with Crippen LogP contribution in [0.3, 0.4) is 0 Å². The Labute approximate surface area is 340 Å².